The van der Waals surface area contributed by atoms with Gasteiger partial charge in [0.25, 0.3) is 5.56 Å². The fraction of sp³-hybridized carbons (Fsp3) is 0.600. The van der Waals surface area contributed by atoms with E-state index in [0.717, 1.165) is 17.8 Å². The number of H-pyrrole nitrogens is 1. The van der Waals surface area contributed by atoms with Gasteiger partial charge in [0.05, 0.1) is 6.10 Å². The molecule has 0 aromatic carbocycles. The fourth-order valence-corrected chi connectivity index (χ4v) is 3.86. The highest BCUT2D eigenvalue weighted by molar-refractivity contribution is 7.16. The Morgan fingerprint density at radius 3 is 2.92 bits per heavy atom. The van der Waals surface area contributed by atoms with Crippen molar-refractivity contribution in [2.24, 2.45) is 5.92 Å². The molecule has 0 spiro atoms. The van der Waals surface area contributed by atoms with Crippen LogP contribution in [0.1, 0.15) is 39.8 Å². The molecule has 3 rings (SSSR count). The summed E-state index contributed by atoms with van der Waals surface area (Å²) < 4.78 is 12.8. The number of aromatic amines is 1. The van der Waals surface area contributed by atoms with Crippen LogP contribution in [0.5, 0.6) is 0 Å². The number of esters is 1. The SMILES string of the molecule is CC[C@H](C)[C@@H]1C[C@@H](OC(C)=O)[C@H](n2c(=O)sc3c(=O)[nH]c(N)nc32)O1. The number of aromatic nitrogens is 3. The Hall–Kier alpha value is -2.20. The number of hydrogen-bond donors (Lipinski definition) is 2. The zero-order valence-corrected chi connectivity index (χ0v) is 15.0. The van der Waals surface area contributed by atoms with E-state index in [-0.39, 0.29) is 28.3 Å². The minimum atomic E-state index is -0.835. The predicted octanol–water partition coefficient (Wildman–Crippen LogP) is 0.994. The smallest absolute Gasteiger partial charge is 0.311 e. The van der Waals surface area contributed by atoms with E-state index >= 15 is 0 Å². The van der Waals surface area contributed by atoms with Gasteiger partial charge in [0.15, 0.2) is 11.9 Å². The zero-order chi connectivity index (χ0) is 18.3. The molecule has 3 N–H and O–H groups in total. The van der Waals surface area contributed by atoms with Crippen LogP contribution in [0.4, 0.5) is 5.95 Å². The number of fused-ring (bicyclic) bond motifs is 1. The van der Waals surface area contributed by atoms with Crippen molar-refractivity contribution < 1.29 is 14.3 Å². The van der Waals surface area contributed by atoms with Gasteiger partial charge in [-0.3, -0.25) is 23.9 Å². The lowest BCUT2D eigenvalue weighted by Gasteiger charge is -2.20. The minimum absolute atomic E-state index is 0.0930. The largest absolute Gasteiger partial charge is 0.458 e. The normalized spacial score (nSPS) is 24.5. The fourth-order valence-electron chi connectivity index (χ4n) is 3.01. The number of nitrogen functional groups attached to an aromatic ring is 1. The summed E-state index contributed by atoms with van der Waals surface area (Å²) in [4.78, 5) is 42.0. The Bertz CT molecular complexity index is 917. The monoisotopic (exact) mass is 368 g/mol. The van der Waals surface area contributed by atoms with Crippen LogP contribution in [0.15, 0.2) is 9.59 Å². The van der Waals surface area contributed by atoms with E-state index in [4.69, 9.17) is 15.2 Å². The van der Waals surface area contributed by atoms with Crippen LogP contribution in [-0.2, 0) is 14.3 Å². The lowest BCUT2D eigenvalue weighted by Crippen LogP contribution is -2.30. The number of hydrogen-bond acceptors (Lipinski definition) is 8. The number of thiazole rings is 1. The van der Waals surface area contributed by atoms with Gasteiger partial charge >= 0.3 is 10.8 Å². The number of carbonyl (C=O) groups is 1. The van der Waals surface area contributed by atoms with Crippen molar-refractivity contribution in [1.29, 1.82) is 0 Å². The van der Waals surface area contributed by atoms with Gasteiger partial charge in [-0.15, -0.1) is 0 Å². The van der Waals surface area contributed by atoms with E-state index in [1.165, 1.54) is 11.5 Å². The third-order valence-corrected chi connectivity index (χ3v) is 5.38. The summed E-state index contributed by atoms with van der Waals surface area (Å²) in [5.41, 5.74) is 5.27. The lowest BCUT2D eigenvalue weighted by atomic mass is 9.99. The molecule has 0 radical (unpaired) electrons. The maximum Gasteiger partial charge on any atom is 0.311 e. The second kappa shape index (κ2) is 6.60. The second-order valence-corrected chi connectivity index (χ2v) is 7.14. The van der Waals surface area contributed by atoms with Crippen molar-refractivity contribution in [3.05, 3.63) is 20.0 Å². The van der Waals surface area contributed by atoms with Crippen LogP contribution in [0, 0.1) is 5.92 Å². The third-order valence-electron chi connectivity index (χ3n) is 4.44. The number of nitrogens with one attached hydrogen (secondary N) is 1. The summed E-state index contributed by atoms with van der Waals surface area (Å²) in [6.45, 7) is 5.38. The molecule has 3 heterocycles. The van der Waals surface area contributed by atoms with Crippen molar-refractivity contribution >= 4 is 33.6 Å². The summed E-state index contributed by atoms with van der Waals surface area (Å²) in [6, 6.07) is 0. The average molecular weight is 368 g/mol. The van der Waals surface area contributed by atoms with E-state index in [1.807, 2.05) is 13.8 Å². The first-order chi connectivity index (χ1) is 11.8. The molecule has 4 atom stereocenters. The molecule has 0 amide bonds. The van der Waals surface area contributed by atoms with Gasteiger partial charge < -0.3 is 15.2 Å². The van der Waals surface area contributed by atoms with Crippen molar-refractivity contribution in [1.82, 2.24) is 14.5 Å². The molecule has 1 fully saturated rings. The van der Waals surface area contributed by atoms with Crippen LogP contribution in [0.25, 0.3) is 10.3 Å². The summed E-state index contributed by atoms with van der Waals surface area (Å²) in [5, 5.41) is 0. The quantitative estimate of drug-likeness (QED) is 0.770. The van der Waals surface area contributed by atoms with Crippen LogP contribution < -0.4 is 16.2 Å². The van der Waals surface area contributed by atoms with E-state index < -0.39 is 28.7 Å². The highest BCUT2D eigenvalue weighted by Crippen LogP contribution is 2.36. The van der Waals surface area contributed by atoms with Gasteiger partial charge in [0, 0.05) is 13.3 Å². The number of carbonyl (C=O) groups excluding carboxylic acids is 1. The molecular weight excluding hydrogens is 348 g/mol. The van der Waals surface area contributed by atoms with E-state index in [9.17, 15) is 14.4 Å². The Balaban J connectivity index is 2.10. The van der Waals surface area contributed by atoms with Gasteiger partial charge in [-0.05, 0) is 5.92 Å². The zero-order valence-electron chi connectivity index (χ0n) is 14.1. The molecule has 136 valence electrons. The Kier molecular flexibility index (Phi) is 4.65. The molecule has 1 aliphatic rings. The van der Waals surface area contributed by atoms with Gasteiger partial charge in [-0.2, -0.15) is 4.98 Å². The molecule has 0 saturated carbocycles. The average Bonchev–Trinajstić information content (AvgIpc) is 3.06. The molecule has 1 saturated heterocycles. The van der Waals surface area contributed by atoms with Gasteiger partial charge in [-0.25, -0.2) is 0 Å². The Labute approximate surface area is 146 Å². The maximum atomic E-state index is 12.5. The van der Waals surface area contributed by atoms with Crippen molar-refractivity contribution in [3.8, 4) is 0 Å². The van der Waals surface area contributed by atoms with E-state index in [1.54, 1.807) is 0 Å². The first-order valence-electron chi connectivity index (χ1n) is 8.05. The van der Waals surface area contributed by atoms with Crippen molar-refractivity contribution in [2.75, 3.05) is 5.73 Å². The number of anilines is 1. The lowest BCUT2D eigenvalue weighted by molar-refractivity contribution is -0.152. The molecular formula is C15H20N4O5S. The van der Waals surface area contributed by atoms with Crippen molar-refractivity contribution in [2.45, 2.75) is 52.0 Å². The molecule has 2 aromatic rings. The van der Waals surface area contributed by atoms with Crippen molar-refractivity contribution in [3.63, 3.8) is 0 Å². The Morgan fingerprint density at radius 2 is 2.28 bits per heavy atom. The number of nitrogens with zero attached hydrogens (tertiary/aromatic N) is 2. The van der Waals surface area contributed by atoms with E-state index in [2.05, 4.69) is 9.97 Å². The molecule has 0 aliphatic carbocycles. The first kappa shape index (κ1) is 17.6. The topological polar surface area (TPSA) is 129 Å². The Morgan fingerprint density at radius 1 is 1.56 bits per heavy atom. The number of rotatable bonds is 4. The third kappa shape index (κ3) is 3.19. The van der Waals surface area contributed by atoms with Crippen LogP contribution in [-0.4, -0.2) is 32.7 Å². The molecule has 9 nitrogen and oxygen atoms in total. The molecule has 0 bridgehead atoms. The molecule has 10 heteroatoms. The summed E-state index contributed by atoms with van der Waals surface area (Å²) in [7, 11) is 0. The first-order valence-corrected chi connectivity index (χ1v) is 8.87. The van der Waals surface area contributed by atoms with Crippen LogP contribution >= 0.6 is 11.3 Å². The number of nitrogens with two attached hydrogens (primary N) is 1. The molecule has 25 heavy (non-hydrogen) atoms. The van der Waals surface area contributed by atoms with Gasteiger partial charge in [0.1, 0.15) is 10.8 Å². The number of ether oxygens (including phenoxy) is 2. The van der Waals surface area contributed by atoms with E-state index in [0.29, 0.717) is 6.42 Å². The van der Waals surface area contributed by atoms with Gasteiger partial charge in [-0.1, -0.05) is 31.6 Å². The van der Waals surface area contributed by atoms with Crippen LogP contribution in [0.2, 0.25) is 0 Å². The highest BCUT2D eigenvalue weighted by Gasteiger charge is 2.42. The summed E-state index contributed by atoms with van der Waals surface area (Å²) in [5.74, 6) is -0.323. The summed E-state index contributed by atoms with van der Waals surface area (Å²) in [6.07, 6.45) is -0.275. The maximum absolute atomic E-state index is 12.5. The predicted molar refractivity (Wildman–Crippen MR) is 92.4 cm³/mol. The molecule has 0 unspecified atom stereocenters. The van der Waals surface area contributed by atoms with Crippen LogP contribution in [0.3, 0.4) is 0 Å². The minimum Gasteiger partial charge on any atom is -0.458 e. The molecule has 2 aromatic heterocycles. The van der Waals surface area contributed by atoms with Gasteiger partial charge in [0.2, 0.25) is 5.95 Å². The highest BCUT2D eigenvalue weighted by atomic mass is 32.1. The second-order valence-electron chi connectivity index (χ2n) is 6.18. The standard InChI is InChI=1S/C15H20N4O5S/c1-4-6(2)8-5-9(23-7(3)20)13(24-8)19-11-10(25-15(19)22)12(21)18-14(16)17-11/h6,8-9,13H,4-5H2,1-3H3,(H3,16,17,18,21)/t6-,8-,9+,13+/m0/s1. The molecule has 1 aliphatic heterocycles. The summed E-state index contributed by atoms with van der Waals surface area (Å²) >= 11 is 0.762.